The summed E-state index contributed by atoms with van der Waals surface area (Å²) in [4.78, 5) is 26.3. The van der Waals surface area contributed by atoms with E-state index in [0.29, 0.717) is 30.8 Å². The van der Waals surface area contributed by atoms with Crippen LogP contribution in [0.4, 0.5) is 5.69 Å². The minimum atomic E-state index is -0.363. The number of methoxy groups -OCH3 is 1. The molecule has 138 valence electrons. The molecule has 2 amide bonds. The Labute approximate surface area is 158 Å². The number of nitrogens with one attached hydrogen (secondary N) is 1. The summed E-state index contributed by atoms with van der Waals surface area (Å²) in [5.41, 5.74) is 2.33. The summed E-state index contributed by atoms with van der Waals surface area (Å²) in [6.45, 7) is 0.864. The predicted octanol–water partition coefficient (Wildman–Crippen LogP) is 2.28. The van der Waals surface area contributed by atoms with E-state index in [9.17, 15) is 9.59 Å². The number of nitriles is 1. The lowest BCUT2D eigenvalue weighted by Gasteiger charge is -2.16. The van der Waals surface area contributed by atoms with Gasteiger partial charge >= 0.3 is 0 Å². The van der Waals surface area contributed by atoms with Crippen LogP contribution in [0.3, 0.4) is 0 Å². The van der Waals surface area contributed by atoms with E-state index in [-0.39, 0.29) is 24.2 Å². The van der Waals surface area contributed by atoms with Crippen LogP contribution in [0.1, 0.15) is 17.5 Å². The van der Waals surface area contributed by atoms with Gasteiger partial charge in [0.05, 0.1) is 24.7 Å². The van der Waals surface area contributed by atoms with Crippen molar-refractivity contribution in [3.8, 4) is 11.8 Å². The lowest BCUT2D eigenvalue weighted by molar-refractivity contribution is -0.126. The molecule has 2 aromatic carbocycles. The summed E-state index contributed by atoms with van der Waals surface area (Å²) in [7, 11) is 1.62. The molecule has 1 aliphatic heterocycles. The third kappa shape index (κ3) is 4.45. The fraction of sp³-hybridized carbons (Fsp3) is 0.286. The van der Waals surface area contributed by atoms with Crippen molar-refractivity contribution in [3.05, 3.63) is 59.7 Å². The highest BCUT2D eigenvalue weighted by molar-refractivity contribution is 6.00. The largest absolute Gasteiger partial charge is 0.497 e. The van der Waals surface area contributed by atoms with E-state index in [4.69, 9.17) is 10.00 Å². The van der Waals surface area contributed by atoms with Crippen molar-refractivity contribution >= 4 is 17.5 Å². The number of ether oxygens (including phenoxy) is 1. The van der Waals surface area contributed by atoms with Crippen LogP contribution in [-0.2, 0) is 16.0 Å². The van der Waals surface area contributed by atoms with Crippen LogP contribution in [0.25, 0.3) is 0 Å². The number of hydrogen-bond donors (Lipinski definition) is 1. The number of anilines is 1. The molecule has 3 rings (SSSR count). The molecule has 0 bridgehead atoms. The van der Waals surface area contributed by atoms with Gasteiger partial charge in [-0.2, -0.15) is 5.26 Å². The number of nitrogens with zero attached hydrogens (tertiary/aromatic N) is 2. The average Bonchev–Trinajstić information content (AvgIpc) is 3.10. The van der Waals surface area contributed by atoms with Crippen molar-refractivity contribution in [1.82, 2.24) is 5.32 Å². The molecule has 6 nitrogen and oxygen atoms in total. The maximum atomic E-state index is 12.4. The van der Waals surface area contributed by atoms with Crippen molar-refractivity contribution < 1.29 is 14.3 Å². The third-order valence-corrected chi connectivity index (χ3v) is 4.65. The Hall–Kier alpha value is -3.33. The summed E-state index contributed by atoms with van der Waals surface area (Å²) in [6.07, 6.45) is 0.897. The van der Waals surface area contributed by atoms with Crippen LogP contribution in [0, 0.1) is 17.2 Å². The topological polar surface area (TPSA) is 82.4 Å². The second-order valence-corrected chi connectivity index (χ2v) is 6.46. The fourth-order valence-corrected chi connectivity index (χ4v) is 3.15. The molecule has 1 unspecified atom stereocenters. The quantitative estimate of drug-likeness (QED) is 0.854. The molecule has 1 saturated heterocycles. The Balaban J connectivity index is 1.53. The van der Waals surface area contributed by atoms with Gasteiger partial charge in [0, 0.05) is 25.2 Å². The predicted molar refractivity (Wildman–Crippen MR) is 101 cm³/mol. The third-order valence-electron chi connectivity index (χ3n) is 4.65. The van der Waals surface area contributed by atoms with Gasteiger partial charge < -0.3 is 15.0 Å². The second-order valence-electron chi connectivity index (χ2n) is 6.46. The molecule has 6 heteroatoms. The highest BCUT2D eigenvalue weighted by atomic mass is 16.5. The van der Waals surface area contributed by atoms with E-state index >= 15 is 0 Å². The second kappa shape index (κ2) is 8.37. The molecular weight excluding hydrogens is 342 g/mol. The Kier molecular flexibility index (Phi) is 5.72. The van der Waals surface area contributed by atoms with Crippen LogP contribution >= 0.6 is 0 Å². The Bertz CT molecular complexity index is 871. The average molecular weight is 363 g/mol. The van der Waals surface area contributed by atoms with Crippen molar-refractivity contribution in [2.45, 2.75) is 12.8 Å². The maximum absolute atomic E-state index is 12.4. The molecule has 1 aliphatic rings. The zero-order valence-electron chi connectivity index (χ0n) is 15.1. The van der Waals surface area contributed by atoms with Crippen molar-refractivity contribution in [2.75, 3.05) is 25.1 Å². The number of hydrogen-bond acceptors (Lipinski definition) is 4. The molecule has 0 radical (unpaired) electrons. The lowest BCUT2D eigenvalue weighted by Crippen LogP contribution is -2.34. The Morgan fingerprint density at radius 3 is 2.78 bits per heavy atom. The van der Waals surface area contributed by atoms with Crippen LogP contribution in [0.2, 0.25) is 0 Å². The van der Waals surface area contributed by atoms with E-state index in [1.54, 1.807) is 36.3 Å². The van der Waals surface area contributed by atoms with Crippen LogP contribution in [0.15, 0.2) is 48.5 Å². The highest BCUT2D eigenvalue weighted by Crippen LogP contribution is 2.25. The number of benzene rings is 2. The minimum Gasteiger partial charge on any atom is -0.497 e. The van der Waals surface area contributed by atoms with E-state index in [0.717, 1.165) is 11.3 Å². The number of rotatable bonds is 6. The summed E-state index contributed by atoms with van der Waals surface area (Å²) in [6, 6.07) is 16.6. The number of carbonyl (C=O) groups excluding carboxylic acids is 2. The molecule has 1 N–H and O–H groups in total. The van der Waals surface area contributed by atoms with Gasteiger partial charge in [-0.3, -0.25) is 9.59 Å². The van der Waals surface area contributed by atoms with Gasteiger partial charge in [0.2, 0.25) is 11.8 Å². The first-order valence-electron chi connectivity index (χ1n) is 8.82. The van der Waals surface area contributed by atoms with Gasteiger partial charge in [-0.25, -0.2) is 0 Å². The summed E-state index contributed by atoms with van der Waals surface area (Å²) in [5, 5.41) is 11.8. The maximum Gasteiger partial charge on any atom is 0.227 e. The van der Waals surface area contributed by atoms with Gasteiger partial charge in [0.15, 0.2) is 0 Å². The summed E-state index contributed by atoms with van der Waals surface area (Å²) < 4.78 is 5.20. The molecule has 1 atom stereocenters. The number of amides is 2. The van der Waals surface area contributed by atoms with E-state index in [1.165, 1.54) is 0 Å². The Morgan fingerprint density at radius 1 is 1.30 bits per heavy atom. The summed E-state index contributed by atoms with van der Waals surface area (Å²) in [5.74, 6) is 0.242. The van der Waals surface area contributed by atoms with E-state index in [1.807, 2.05) is 24.3 Å². The van der Waals surface area contributed by atoms with Gasteiger partial charge in [0.25, 0.3) is 0 Å². The standard InChI is InChI=1S/C21H21N3O3/c1-27-19-4-2-3-15(11-19)9-10-23-21(26)17-12-20(25)24(14-17)18-7-5-16(13-22)6-8-18/h2-8,11,17H,9-10,12,14H2,1H3,(H,23,26). The normalized spacial score (nSPS) is 16.1. The van der Waals surface area contributed by atoms with Crippen molar-refractivity contribution in [1.29, 1.82) is 5.26 Å². The number of carbonyl (C=O) groups is 2. The zero-order valence-corrected chi connectivity index (χ0v) is 15.1. The van der Waals surface area contributed by atoms with E-state index < -0.39 is 0 Å². The molecule has 2 aromatic rings. The van der Waals surface area contributed by atoms with Gasteiger partial charge in [-0.1, -0.05) is 12.1 Å². The first-order chi connectivity index (χ1) is 13.1. The monoisotopic (exact) mass is 363 g/mol. The molecule has 27 heavy (non-hydrogen) atoms. The molecule has 0 aliphatic carbocycles. The van der Waals surface area contributed by atoms with Crippen LogP contribution < -0.4 is 15.0 Å². The van der Waals surface area contributed by atoms with Gasteiger partial charge in [-0.15, -0.1) is 0 Å². The first-order valence-corrected chi connectivity index (χ1v) is 8.82. The molecule has 1 heterocycles. The Morgan fingerprint density at radius 2 is 2.07 bits per heavy atom. The molecule has 0 spiro atoms. The van der Waals surface area contributed by atoms with E-state index in [2.05, 4.69) is 11.4 Å². The summed E-state index contributed by atoms with van der Waals surface area (Å²) >= 11 is 0. The van der Waals surface area contributed by atoms with Gasteiger partial charge in [-0.05, 0) is 48.4 Å². The highest BCUT2D eigenvalue weighted by Gasteiger charge is 2.34. The van der Waals surface area contributed by atoms with Crippen molar-refractivity contribution in [3.63, 3.8) is 0 Å². The lowest BCUT2D eigenvalue weighted by atomic mass is 10.1. The molecule has 1 fully saturated rings. The fourth-order valence-electron chi connectivity index (χ4n) is 3.15. The zero-order chi connectivity index (χ0) is 19.2. The smallest absolute Gasteiger partial charge is 0.227 e. The SMILES string of the molecule is COc1cccc(CCNC(=O)C2CC(=O)N(c3ccc(C#N)cc3)C2)c1. The first kappa shape index (κ1) is 18.5. The van der Waals surface area contributed by atoms with Crippen LogP contribution in [-0.4, -0.2) is 32.0 Å². The van der Waals surface area contributed by atoms with Crippen molar-refractivity contribution in [2.24, 2.45) is 5.92 Å². The molecule has 0 aromatic heterocycles. The van der Waals surface area contributed by atoms with Crippen LogP contribution in [0.5, 0.6) is 5.75 Å². The molecule has 0 saturated carbocycles. The van der Waals surface area contributed by atoms with Gasteiger partial charge in [0.1, 0.15) is 5.75 Å². The molecular formula is C21H21N3O3. The minimum absolute atomic E-state index is 0.0762.